The van der Waals surface area contributed by atoms with Crippen molar-refractivity contribution in [2.45, 2.75) is 57.2 Å². The minimum Gasteiger partial charge on any atom is -0.381 e. The number of alkyl halides is 1. The summed E-state index contributed by atoms with van der Waals surface area (Å²) in [5.74, 6) is 1.76. The van der Waals surface area contributed by atoms with Gasteiger partial charge < -0.3 is 14.5 Å². The van der Waals surface area contributed by atoms with Crippen molar-refractivity contribution in [3.8, 4) is 11.4 Å². The molecule has 0 aromatic carbocycles. The highest BCUT2D eigenvalue weighted by atomic mass is 19.1. The van der Waals surface area contributed by atoms with Gasteiger partial charge in [0, 0.05) is 45.0 Å². The number of hydrogen-bond acceptors (Lipinski definition) is 7. The summed E-state index contributed by atoms with van der Waals surface area (Å²) in [5.41, 5.74) is 4.51. The smallest absolute Gasteiger partial charge is 0.160 e. The quantitative estimate of drug-likeness (QED) is 0.604. The van der Waals surface area contributed by atoms with E-state index in [0.717, 1.165) is 85.4 Å². The number of anilines is 2. The molecule has 174 valence electrons. The summed E-state index contributed by atoms with van der Waals surface area (Å²) in [6, 6.07) is 4.39. The van der Waals surface area contributed by atoms with Crippen LogP contribution in [0.5, 0.6) is 0 Å². The lowest BCUT2D eigenvalue weighted by Gasteiger charge is -2.33. The van der Waals surface area contributed by atoms with Crippen LogP contribution < -0.4 is 9.80 Å². The Balaban J connectivity index is 1.43. The van der Waals surface area contributed by atoms with E-state index in [1.54, 1.807) is 0 Å². The van der Waals surface area contributed by atoms with E-state index in [1.807, 2.05) is 21.7 Å². The Morgan fingerprint density at radius 1 is 1.03 bits per heavy atom. The van der Waals surface area contributed by atoms with Crippen LogP contribution in [0.2, 0.25) is 0 Å². The van der Waals surface area contributed by atoms with Crippen molar-refractivity contribution in [3.05, 3.63) is 29.7 Å². The van der Waals surface area contributed by atoms with E-state index in [2.05, 4.69) is 23.0 Å². The van der Waals surface area contributed by atoms with E-state index in [-0.39, 0.29) is 0 Å². The molecule has 0 N–H and O–H groups in total. The number of ether oxygens (including phenoxy) is 1. The largest absolute Gasteiger partial charge is 0.381 e. The molecule has 3 aliphatic rings. The summed E-state index contributed by atoms with van der Waals surface area (Å²) in [4.78, 5) is 18.8. The van der Waals surface area contributed by atoms with Gasteiger partial charge in [0.2, 0.25) is 0 Å². The molecule has 0 spiro atoms. The van der Waals surface area contributed by atoms with Gasteiger partial charge in [-0.3, -0.25) is 4.98 Å². The molecular weight excluding hydrogens is 420 g/mol. The molecule has 0 radical (unpaired) electrons. The molecule has 2 aliphatic heterocycles. The van der Waals surface area contributed by atoms with Gasteiger partial charge in [-0.1, -0.05) is 0 Å². The number of fused-ring (bicyclic) bond motifs is 2. The first kappa shape index (κ1) is 20.8. The van der Waals surface area contributed by atoms with E-state index in [9.17, 15) is 4.39 Å². The monoisotopic (exact) mass is 450 g/mol. The maximum atomic E-state index is 14.0. The normalized spacial score (nSPS) is 21.5. The molecule has 0 bridgehead atoms. The molecule has 6 rings (SSSR count). The minimum absolute atomic E-state index is 0.362. The molecule has 2 fully saturated rings. The third kappa shape index (κ3) is 3.92. The Hall–Kier alpha value is -2.81. The lowest BCUT2D eigenvalue weighted by Crippen LogP contribution is -2.38. The molecule has 8 nitrogen and oxygen atoms in total. The summed E-state index contributed by atoms with van der Waals surface area (Å²) in [5, 5.41) is 4.92. The van der Waals surface area contributed by atoms with E-state index >= 15 is 0 Å². The first-order chi connectivity index (χ1) is 16.2. The van der Waals surface area contributed by atoms with Crippen molar-refractivity contribution in [3.63, 3.8) is 0 Å². The Morgan fingerprint density at radius 2 is 1.85 bits per heavy atom. The lowest BCUT2D eigenvalue weighted by atomic mass is 10.0. The van der Waals surface area contributed by atoms with Gasteiger partial charge in [0.15, 0.2) is 5.65 Å². The second-order valence-corrected chi connectivity index (χ2v) is 9.41. The van der Waals surface area contributed by atoms with Gasteiger partial charge in [-0.2, -0.15) is 9.61 Å². The van der Waals surface area contributed by atoms with Crippen LogP contribution in [-0.2, 0) is 17.6 Å². The predicted octanol–water partition coefficient (Wildman–Crippen LogP) is 3.23. The van der Waals surface area contributed by atoms with Crippen LogP contribution in [0.15, 0.2) is 18.3 Å². The second-order valence-electron chi connectivity index (χ2n) is 9.41. The standard InChI is InChI=1S/C24H30FN7O/c1-30(17-7-10-33-11-8-17)24-13-22(31-9-6-16(25)15-31)28-23-12-20(29-32(23)24)21-14-26-18-4-2-3-5-19(18)27-21/h12-14,16-17H,2-11,15H2,1H3/t16-/m1/s1/i1-1. The third-order valence-corrected chi connectivity index (χ3v) is 7.22. The number of nitrogens with zero attached hydrogens (tertiary/aromatic N) is 7. The molecule has 1 atom stereocenters. The second kappa shape index (κ2) is 8.52. The molecule has 0 unspecified atom stereocenters. The summed E-state index contributed by atoms with van der Waals surface area (Å²) in [6.07, 6.45) is 7.84. The molecule has 1 aliphatic carbocycles. The molecular formula is C24H30FN7O. The Morgan fingerprint density at radius 3 is 2.64 bits per heavy atom. The van der Waals surface area contributed by atoms with Crippen molar-refractivity contribution in [1.29, 1.82) is 0 Å². The van der Waals surface area contributed by atoms with Gasteiger partial charge >= 0.3 is 0 Å². The van der Waals surface area contributed by atoms with Crippen molar-refractivity contribution >= 4 is 17.3 Å². The van der Waals surface area contributed by atoms with Gasteiger partial charge in [0.1, 0.15) is 29.2 Å². The molecule has 2 saturated heterocycles. The van der Waals surface area contributed by atoms with Gasteiger partial charge in [-0.25, -0.2) is 14.4 Å². The number of rotatable bonds is 4. The van der Waals surface area contributed by atoms with Gasteiger partial charge in [-0.05, 0) is 44.9 Å². The fourth-order valence-electron chi connectivity index (χ4n) is 5.24. The van der Waals surface area contributed by atoms with Crippen LogP contribution in [-0.4, -0.2) is 70.1 Å². The van der Waals surface area contributed by atoms with E-state index < -0.39 is 6.17 Å². The Kier molecular flexibility index (Phi) is 5.36. The first-order valence-corrected chi connectivity index (χ1v) is 12.1. The highest BCUT2D eigenvalue weighted by molar-refractivity contribution is 5.66. The predicted molar refractivity (Wildman–Crippen MR) is 125 cm³/mol. The average molecular weight is 451 g/mol. The van der Waals surface area contributed by atoms with Gasteiger partial charge in [0.25, 0.3) is 0 Å². The van der Waals surface area contributed by atoms with Crippen LogP contribution in [0.4, 0.5) is 16.0 Å². The van der Waals surface area contributed by atoms with Gasteiger partial charge in [0.05, 0.1) is 24.1 Å². The molecule has 3 aromatic rings. The van der Waals surface area contributed by atoms with Crippen LogP contribution in [0, 0.1) is 0 Å². The van der Waals surface area contributed by atoms with E-state index in [1.165, 1.54) is 6.42 Å². The molecule has 3 aromatic heterocycles. The maximum absolute atomic E-state index is 14.0. The van der Waals surface area contributed by atoms with Gasteiger partial charge in [-0.15, -0.1) is 0 Å². The van der Waals surface area contributed by atoms with Crippen LogP contribution in [0.3, 0.4) is 0 Å². The zero-order valence-corrected chi connectivity index (χ0v) is 19.1. The van der Waals surface area contributed by atoms with Crippen molar-refractivity contribution in [2.24, 2.45) is 0 Å². The Labute approximate surface area is 192 Å². The number of aromatic nitrogens is 5. The Bertz CT molecular complexity index is 1160. The van der Waals surface area contributed by atoms with Crippen LogP contribution >= 0.6 is 0 Å². The fourth-order valence-corrected chi connectivity index (χ4v) is 5.24. The highest BCUT2D eigenvalue weighted by Gasteiger charge is 2.27. The molecule has 0 amide bonds. The maximum Gasteiger partial charge on any atom is 0.160 e. The third-order valence-electron chi connectivity index (χ3n) is 7.22. The van der Waals surface area contributed by atoms with E-state index in [4.69, 9.17) is 19.8 Å². The number of aryl methyl sites for hydroxylation is 2. The van der Waals surface area contributed by atoms with Crippen LogP contribution in [0.25, 0.3) is 17.0 Å². The summed E-state index contributed by atoms with van der Waals surface area (Å²) < 4.78 is 21.4. The fraction of sp³-hybridized carbons (Fsp3) is 0.583. The minimum atomic E-state index is -0.800. The van der Waals surface area contributed by atoms with Crippen molar-refractivity contribution in [2.75, 3.05) is 43.2 Å². The zero-order chi connectivity index (χ0) is 22.4. The van der Waals surface area contributed by atoms with Crippen LogP contribution in [0.1, 0.15) is 43.5 Å². The number of hydrogen-bond donors (Lipinski definition) is 0. The van der Waals surface area contributed by atoms with Crippen molar-refractivity contribution in [1.82, 2.24) is 24.6 Å². The first-order valence-electron chi connectivity index (χ1n) is 12.1. The topological polar surface area (TPSA) is 71.7 Å². The lowest BCUT2D eigenvalue weighted by molar-refractivity contribution is 0.0853. The molecule has 9 heteroatoms. The molecule has 0 saturated carbocycles. The molecule has 5 heterocycles. The highest BCUT2D eigenvalue weighted by Crippen LogP contribution is 2.30. The SMILES string of the molecule is [11CH3]N(c1cc(N2CC[C@@H](F)C2)nc2cc(-c3cnc4c(n3)CCCC4)nn12)C1CCOCC1. The van der Waals surface area contributed by atoms with E-state index in [0.29, 0.717) is 25.6 Å². The molecule has 33 heavy (non-hydrogen) atoms. The summed E-state index contributed by atoms with van der Waals surface area (Å²) in [6.45, 7) is 2.60. The average Bonchev–Trinajstić information content (AvgIpc) is 3.49. The summed E-state index contributed by atoms with van der Waals surface area (Å²) in [7, 11) is 2.11. The van der Waals surface area contributed by atoms with Crippen molar-refractivity contribution < 1.29 is 9.13 Å². The number of halogens is 1. The summed E-state index contributed by atoms with van der Waals surface area (Å²) >= 11 is 0. The zero-order valence-electron chi connectivity index (χ0n) is 19.1.